The monoisotopic (exact) mass is 132 g/mol. The molecule has 0 aromatic rings. The second-order valence-corrected chi connectivity index (χ2v) is 1.67. The van der Waals surface area contributed by atoms with Crippen molar-refractivity contribution in [2.45, 2.75) is 26.9 Å². The van der Waals surface area contributed by atoms with E-state index in [9.17, 15) is 0 Å². The van der Waals surface area contributed by atoms with Crippen LogP contribution < -0.4 is 16.5 Å². The van der Waals surface area contributed by atoms with E-state index in [1.54, 1.807) is 0 Å². The molecule has 0 aromatic carbocycles. The van der Waals surface area contributed by atoms with Crippen LogP contribution in [0.4, 0.5) is 0 Å². The summed E-state index contributed by atoms with van der Waals surface area (Å²) in [5, 5.41) is 1.93. The summed E-state index contributed by atoms with van der Waals surface area (Å²) in [4.78, 5) is 0. The SMILES string of the molecule is CC.CC1NNNN1C. The molecule has 1 atom stereocenters. The molecule has 4 heteroatoms. The molecule has 1 fully saturated rings. The van der Waals surface area contributed by atoms with Crippen LogP contribution in [0.3, 0.4) is 0 Å². The maximum atomic E-state index is 2.93. The first-order valence-corrected chi connectivity index (χ1v) is 3.30. The molecule has 1 aliphatic rings. The highest BCUT2D eigenvalue weighted by molar-refractivity contribution is 4.54. The van der Waals surface area contributed by atoms with E-state index in [1.807, 2.05) is 32.8 Å². The Morgan fingerprint density at radius 1 is 1.33 bits per heavy atom. The van der Waals surface area contributed by atoms with Crippen LogP contribution in [-0.2, 0) is 0 Å². The summed E-state index contributed by atoms with van der Waals surface area (Å²) in [5.41, 5.74) is 8.52. The van der Waals surface area contributed by atoms with E-state index < -0.39 is 0 Å². The van der Waals surface area contributed by atoms with Crippen molar-refractivity contribution in [3.63, 3.8) is 0 Å². The van der Waals surface area contributed by atoms with Crippen LogP contribution in [0.2, 0.25) is 0 Å². The van der Waals surface area contributed by atoms with Crippen LogP contribution in [0.5, 0.6) is 0 Å². The topological polar surface area (TPSA) is 39.3 Å². The third kappa shape index (κ3) is 2.76. The van der Waals surface area contributed by atoms with E-state index >= 15 is 0 Å². The molecule has 0 aromatic heterocycles. The minimum absolute atomic E-state index is 0.375. The second-order valence-electron chi connectivity index (χ2n) is 1.67. The van der Waals surface area contributed by atoms with Crippen LogP contribution in [0.25, 0.3) is 0 Å². The fourth-order valence-corrected chi connectivity index (χ4v) is 0.419. The quantitative estimate of drug-likeness (QED) is 0.427. The van der Waals surface area contributed by atoms with Crippen molar-refractivity contribution >= 4 is 0 Å². The molecule has 0 bridgehead atoms. The van der Waals surface area contributed by atoms with Crippen LogP contribution in [-0.4, -0.2) is 18.2 Å². The van der Waals surface area contributed by atoms with Crippen molar-refractivity contribution in [2.24, 2.45) is 0 Å². The van der Waals surface area contributed by atoms with Gasteiger partial charge in [-0.2, -0.15) is 11.1 Å². The van der Waals surface area contributed by atoms with E-state index in [0.717, 1.165) is 0 Å². The zero-order valence-corrected chi connectivity index (χ0v) is 6.52. The van der Waals surface area contributed by atoms with Gasteiger partial charge in [0.05, 0.1) is 6.17 Å². The zero-order chi connectivity index (χ0) is 7.28. The maximum Gasteiger partial charge on any atom is 0.0856 e. The molecule has 1 rings (SSSR count). The van der Waals surface area contributed by atoms with E-state index in [2.05, 4.69) is 16.5 Å². The predicted octanol–water partition coefficient (Wildman–Crippen LogP) is -0.182. The Labute approximate surface area is 56.5 Å². The molecular formula is C5H16N4. The van der Waals surface area contributed by atoms with Crippen LogP contribution in [0, 0.1) is 0 Å². The molecule has 1 aliphatic heterocycles. The average molecular weight is 132 g/mol. The molecule has 0 radical (unpaired) electrons. The Hall–Kier alpha value is -0.160. The Bertz CT molecular complexity index is 58.0. The molecule has 9 heavy (non-hydrogen) atoms. The first-order chi connectivity index (χ1) is 4.30. The number of nitrogens with one attached hydrogen (secondary N) is 3. The Morgan fingerprint density at radius 3 is 2.00 bits per heavy atom. The van der Waals surface area contributed by atoms with E-state index in [4.69, 9.17) is 0 Å². The van der Waals surface area contributed by atoms with Crippen molar-refractivity contribution < 1.29 is 0 Å². The first kappa shape index (κ1) is 8.84. The van der Waals surface area contributed by atoms with Gasteiger partial charge in [-0.3, -0.25) is 0 Å². The second kappa shape index (κ2) is 4.69. The minimum Gasteiger partial charge on any atom is -0.225 e. The Balaban J connectivity index is 0.000000291. The molecule has 0 aliphatic carbocycles. The van der Waals surface area contributed by atoms with Gasteiger partial charge in [-0.1, -0.05) is 13.8 Å². The van der Waals surface area contributed by atoms with Gasteiger partial charge in [0.15, 0.2) is 0 Å². The lowest BCUT2D eigenvalue weighted by Gasteiger charge is -2.09. The summed E-state index contributed by atoms with van der Waals surface area (Å²) >= 11 is 0. The van der Waals surface area contributed by atoms with Gasteiger partial charge in [-0.15, -0.1) is 0 Å². The summed E-state index contributed by atoms with van der Waals surface area (Å²) in [6, 6.07) is 0. The van der Waals surface area contributed by atoms with Gasteiger partial charge in [0, 0.05) is 7.05 Å². The van der Waals surface area contributed by atoms with Gasteiger partial charge < -0.3 is 0 Å². The molecule has 0 amide bonds. The standard InChI is InChI=1S/C3H10N4.C2H6/c1-3-4-5-6-7(3)2;1-2/h3-6H,1-2H3;1-2H3. The normalized spacial score (nSPS) is 27.3. The molecule has 56 valence electrons. The third-order valence-electron chi connectivity index (χ3n) is 1.09. The molecular weight excluding hydrogens is 116 g/mol. The van der Waals surface area contributed by atoms with E-state index in [0.29, 0.717) is 6.17 Å². The maximum absolute atomic E-state index is 2.93. The van der Waals surface area contributed by atoms with Gasteiger partial charge in [-0.25, -0.2) is 10.4 Å². The van der Waals surface area contributed by atoms with Gasteiger partial charge in [-0.05, 0) is 6.92 Å². The van der Waals surface area contributed by atoms with Crippen molar-refractivity contribution in [2.75, 3.05) is 7.05 Å². The molecule has 0 spiro atoms. The Kier molecular flexibility index (Phi) is 4.61. The highest BCUT2D eigenvalue weighted by Gasteiger charge is 2.11. The zero-order valence-electron chi connectivity index (χ0n) is 6.52. The van der Waals surface area contributed by atoms with Gasteiger partial charge >= 0.3 is 0 Å². The fourth-order valence-electron chi connectivity index (χ4n) is 0.419. The van der Waals surface area contributed by atoms with E-state index in [-0.39, 0.29) is 0 Å². The Morgan fingerprint density at radius 2 is 1.89 bits per heavy atom. The number of hydrogen-bond acceptors (Lipinski definition) is 4. The summed E-state index contributed by atoms with van der Waals surface area (Å²) in [5.74, 6) is 0. The van der Waals surface area contributed by atoms with Gasteiger partial charge in [0.1, 0.15) is 0 Å². The summed E-state index contributed by atoms with van der Waals surface area (Å²) in [6.45, 7) is 6.05. The smallest absolute Gasteiger partial charge is 0.0856 e. The summed E-state index contributed by atoms with van der Waals surface area (Å²) in [7, 11) is 1.96. The predicted molar refractivity (Wildman–Crippen MR) is 38.0 cm³/mol. The molecule has 1 heterocycles. The van der Waals surface area contributed by atoms with Crippen LogP contribution in [0.1, 0.15) is 20.8 Å². The van der Waals surface area contributed by atoms with Crippen molar-refractivity contribution in [3.05, 3.63) is 0 Å². The highest BCUT2D eigenvalue weighted by Crippen LogP contribution is 1.85. The number of hydrogen-bond donors (Lipinski definition) is 3. The largest absolute Gasteiger partial charge is 0.225 e. The lowest BCUT2D eigenvalue weighted by molar-refractivity contribution is 0.234. The number of hydrazine groups is 3. The molecule has 3 N–H and O–H groups in total. The van der Waals surface area contributed by atoms with Gasteiger partial charge in [0.2, 0.25) is 0 Å². The number of rotatable bonds is 0. The molecule has 1 unspecified atom stereocenters. The van der Waals surface area contributed by atoms with Crippen molar-refractivity contribution in [1.82, 2.24) is 21.5 Å². The van der Waals surface area contributed by atoms with Crippen LogP contribution >= 0.6 is 0 Å². The summed E-state index contributed by atoms with van der Waals surface area (Å²) in [6.07, 6.45) is 0.375. The van der Waals surface area contributed by atoms with Crippen molar-refractivity contribution in [3.8, 4) is 0 Å². The van der Waals surface area contributed by atoms with Crippen molar-refractivity contribution in [1.29, 1.82) is 0 Å². The average Bonchev–Trinajstić information content (AvgIpc) is 2.23. The van der Waals surface area contributed by atoms with Crippen LogP contribution in [0.15, 0.2) is 0 Å². The molecule has 4 nitrogen and oxygen atoms in total. The summed E-state index contributed by atoms with van der Waals surface area (Å²) < 4.78 is 0. The third-order valence-corrected chi connectivity index (χ3v) is 1.09. The van der Waals surface area contributed by atoms with Gasteiger partial charge in [0.25, 0.3) is 0 Å². The number of nitrogens with zero attached hydrogens (tertiary/aromatic N) is 1. The highest BCUT2D eigenvalue weighted by atomic mass is 15.9. The molecule has 0 saturated carbocycles. The first-order valence-electron chi connectivity index (χ1n) is 3.30. The van der Waals surface area contributed by atoms with E-state index in [1.165, 1.54) is 0 Å². The lowest BCUT2D eigenvalue weighted by Crippen LogP contribution is -2.34. The fraction of sp³-hybridized carbons (Fsp3) is 1.00. The minimum atomic E-state index is 0.375. The lowest BCUT2D eigenvalue weighted by atomic mass is 10.6. The molecule has 1 saturated heterocycles.